The zero-order valence-electron chi connectivity index (χ0n) is 15.0. The second-order valence-corrected chi connectivity index (χ2v) is 7.33. The first-order chi connectivity index (χ1) is 12.6. The highest BCUT2D eigenvalue weighted by Crippen LogP contribution is 2.32. The third kappa shape index (κ3) is 3.49. The first-order valence-corrected chi connectivity index (χ1v) is 9.33. The van der Waals surface area contributed by atoms with Gasteiger partial charge in [0.05, 0.1) is 11.6 Å². The van der Waals surface area contributed by atoms with Gasteiger partial charge in [0.2, 0.25) is 11.8 Å². The summed E-state index contributed by atoms with van der Waals surface area (Å²) in [6.07, 6.45) is 5.62. The van der Waals surface area contributed by atoms with Gasteiger partial charge in [-0.1, -0.05) is 18.2 Å². The number of amides is 2. The van der Waals surface area contributed by atoms with Crippen LogP contribution < -0.4 is 5.32 Å². The number of para-hydroxylation sites is 1. The van der Waals surface area contributed by atoms with Crippen molar-refractivity contribution in [1.29, 1.82) is 0 Å². The standard InChI is InChI=1S/C20H24N4O2/c1-14-12-24(17-7-3-2-4-8-17)22-18(14)21-19(25)16-6-5-11-23(13-16)20(26)15-9-10-15/h2-4,7-8,12,15-16H,5-6,9-11,13H2,1H3,(H,21,22,25)/t16-/m1/s1. The lowest BCUT2D eigenvalue weighted by Gasteiger charge is -2.32. The highest BCUT2D eigenvalue weighted by molar-refractivity contribution is 5.93. The molecule has 6 nitrogen and oxygen atoms in total. The molecule has 6 heteroatoms. The van der Waals surface area contributed by atoms with E-state index in [1.165, 1.54) is 0 Å². The predicted molar refractivity (Wildman–Crippen MR) is 99.0 cm³/mol. The van der Waals surface area contributed by atoms with E-state index >= 15 is 0 Å². The van der Waals surface area contributed by atoms with Crippen molar-refractivity contribution in [2.45, 2.75) is 32.6 Å². The fourth-order valence-electron chi connectivity index (χ4n) is 3.50. The maximum absolute atomic E-state index is 12.7. The van der Waals surface area contributed by atoms with E-state index in [1.807, 2.05) is 48.4 Å². The molecular formula is C20H24N4O2. The van der Waals surface area contributed by atoms with Crippen molar-refractivity contribution in [3.05, 3.63) is 42.1 Å². The molecule has 2 aromatic rings. The average Bonchev–Trinajstić information content (AvgIpc) is 3.46. The van der Waals surface area contributed by atoms with Gasteiger partial charge >= 0.3 is 0 Å². The molecule has 136 valence electrons. The number of hydrogen-bond acceptors (Lipinski definition) is 3. The molecule has 1 saturated heterocycles. The van der Waals surface area contributed by atoms with Crippen molar-refractivity contribution in [1.82, 2.24) is 14.7 Å². The maximum atomic E-state index is 12.7. The molecule has 2 heterocycles. The van der Waals surface area contributed by atoms with Crippen LogP contribution in [0, 0.1) is 18.8 Å². The molecule has 1 aromatic carbocycles. The molecule has 1 aliphatic heterocycles. The van der Waals surface area contributed by atoms with Gasteiger partial charge in [0.25, 0.3) is 0 Å². The number of aromatic nitrogens is 2. The summed E-state index contributed by atoms with van der Waals surface area (Å²) in [5.74, 6) is 0.824. The molecule has 2 aliphatic rings. The molecule has 1 aliphatic carbocycles. The van der Waals surface area contributed by atoms with E-state index in [1.54, 1.807) is 4.68 Å². The Morgan fingerprint density at radius 3 is 2.62 bits per heavy atom. The summed E-state index contributed by atoms with van der Waals surface area (Å²) in [7, 11) is 0. The van der Waals surface area contributed by atoms with Crippen LogP contribution in [0.25, 0.3) is 5.69 Å². The quantitative estimate of drug-likeness (QED) is 0.920. The molecule has 1 atom stereocenters. The van der Waals surface area contributed by atoms with Gasteiger partial charge in [-0.2, -0.15) is 0 Å². The number of likely N-dealkylation sites (tertiary alicyclic amines) is 1. The van der Waals surface area contributed by atoms with E-state index < -0.39 is 0 Å². The maximum Gasteiger partial charge on any atom is 0.230 e. The molecule has 2 fully saturated rings. The lowest BCUT2D eigenvalue weighted by atomic mass is 9.96. The molecule has 0 radical (unpaired) electrons. The van der Waals surface area contributed by atoms with Crippen LogP contribution in [0.15, 0.2) is 36.5 Å². The Bertz CT molecular complexity index is 810. The number of nitrogens with one attached hydrogen (secondary N) is 1. The monoisotopic (exact) mass is 352 g/mol. The number of piperidine rings is 1. The van der Waals surface area contributed by atoms with Crippen LogP contribution >= 0.6 is 0 Å². The van der Waals surface area contributed by atoms with Crippen LogP contribution in [0.5, 0.6) is 0 Å². The van der Waals surface area contributed by atoms with E-state index in [0.717, 1.165) is 43.5 Å². The topological polar surface area (TPSA) is 67.2 Å². The van der Waals surface area contributed by atoms with E-state index in [0.29, 0.717) is 12.4 Å². The number of rotatable bonds is 4. The van der Waals surface area contributed by atoms with Gasteiger partial charge in [-0.05, 0) is 44.7 Å². The van der Waals surface area contributed by atoms with Gasteiger partial charge in [0, 0.05) is 30.8 Å². The lowest BCUT2D eigenvalue weighted by molar-refractivity contribution is -0.135. The van der Waals surface area contributed by atoms with Crippen LogP contribution in [0.1, 0.15) is 31.2 Å². The number of carbonyl (C=O) groups is 2. The van der Waals surface area contributed by atoms with Gasteiger partial charge in [-0.15, -0.1) is 5.10 Å². The molecule has 0 spiro atoms. The Morgan fingerprint density at radius 1 is 1.12 bits per heavy atom. The summed E-state index contributed by atoms with van der Waals surface area (Å²) in [5, 5.41) is 7.48. The predicted octanol–water partition coefficient (Wildman–Crippen LogP) is 2.77. The normalized spacial score (nSPS) is 20.0. The Morgan fingerprint density at radius 2 is 1.88 bits per heavy atom. The number of nitrogens with zero attached hydrogens (tertiary/aromatic N) is 3. The molecule has 2 amide bonds. The zero-order chi connectivity index (χ0) is 18.1. The average molecular weight is 352 g/mol. The molecule has 4 rings (SSSR count). The third-order valence-electron chi connectivity index (χ3n) is 5.19. The molecule has 1 aromatic heterocycles. The van der Waals surface area contributed by atoms with E-state index in [-0.39, 0.29) is 23.7 Å². The van der Waals surface area contributed by atoms with Gasteiger partial charge in [-0.25, -0.2) is 4.68 Å². The first-order valence-electron chi connectivity index (χ1n) is 9.33. The van der Waals surface area contributed by atoms with Crippen LogP contribution in [-0.4, -0.2) is 39.6 Å². The SMILES string of the molecule is Cc1cn(-c2ccccc2)nc1NC(=O)[C@@H]1CCCN(C(=O)C2CC2)C1. The van der Waals surface area contributed by atoms with Crippen LogP contribution in [0.2, 0.25) is 0 Å². The van der Waals surface area contributed by atoms with Gasteiger partial charge < -0.3 is 10.2 Å². The fourth-order valence-corrected chi connectivity index (χ4v) is 3.50. The minimum absolute atomic E-state index is 0.0419. The highest BCUT2D eigenvalue weighted by atomic mass is 16.2. The summed E-state index contributed by atoms with van der Waals surface area (Å²) < 4.78 is 1.77. The fraction of sp³-hybridized carbons (Fsp3) is 0.450. The Labute approximate surface area is 153 Å². The zero-order valence-corrected chi connectivity index (χ0v) is 15.0. The van der Waals surface area contributed by atoms with Crippen molar-refractivity contribution < 1.29 is 9.59 Å². The summed E-state index contributed by atoms with van der Waals surface area (Å²) in [4.78, 5) is 26.9. The van der Waals surface area contributed by atoms with Gasteiger partial charge in [-0.3, -0.25) is 9.59 Å². The first kappa shape index (κ1) is 16.8. The third-order valence-corrected chi connectivity index (χ3v) is 5.19. The molecule has 1 N–H and O–H groups in total. The molecule has 26 heavy (non-hydrogen) atoms. The van der Waals surface area contributed by atoms with E-state index in [9.17, 15) is 9.59 Å². The van der Waals surface area contributed by atoms with Gasteiger partial charge in [0.15, 0.2) is 5.82 Å². The Kier molecular flexibility index (Phi) is 4.49. The van der Waals surface area contributed by atoms with Crippen molar-refractivity contribution in [3.8, 4) is 5.69 Å². The Balaban J connectivity index is 1.43. The molecule has 0 unspecified atom stereocenters. The van der Waals surface area contributed by atoms with E-state index in [2.05, 4.69) is 10.4 Å². The van der Waals surface area contributed by atoms with Crippen molar-refractivity contribution >= 4 is 17.6 Å². The molecular weight excluding hydrogens is 328 g/mol. The summed E-state index contributed by atoms with van der Waals surface area (Å²) in [6.45, 7) is 3.24. The minimum atomic E-state index is -0.160. The smallest absolute Gasteiger partial charge is 0.230 e. The van der Waals surface area contributed by atoms with Crippen LogP contribution in [0.3, 0.4) is 0 Å². The van der Waals surface area contributed by atoms with Crippen molar-refractivity contribution in [2.75, 3.05) is 18.4 Å². The highest BCUT2D eigenvalue weighted by Gasteiger charge is 2.36. The number of benzene rings is 1. The molecule has 0 bridgehead atoms. The largest absolute Gasteiger partial charge is 0.342 e. The Hall–Kier alpha value is -2.63. The van der Waals surface area contributed by atoms with E-state index in [4.69, 9.17) is 0 Å². The number of aryl methyl sites for hydroxylation is 1. The lowest BCUT2D eigenvalue weighted by Crippen LogP contribution is -2.44. The summed E-state index contributed by atoms with van der Waals surface area (Å²) in [6, 6.07) is 9.82. The van der Waals surface area contributed by atoms with Crippen LogP contribution in [0.4, 0.5) is 5.82 Å². The van der Waals surface area contributed by atoms with Crippen LogP contribution in [-0.2, 0) is 9.59 Å². The second kappa shape index (κ2) is 6.94. The number of anilines is 1. The molecule has 1 saturated carbocycles. The number of hydrogen-bond donors (Lipinski definition) is 1. The van der Waals surface area contributed by atoms with Crippen molar-refractivity contribution in [3.63, 3.8) is 0 Å². The summed E-state index contributed by atoms with van der Waals surface area (Å²) >= 11 is 0. The van der Waals surface area contributed by atoms with Crippen molar-refractivity contribution in [2.24, 2.45) is 11.8 Å². The second-order valence-electron chi connectivity index (χ2n) is 7.33. The van der Waals surface area contributed by atoms with Gasteiger partial charge in [0.1, 0.15) is 0 Å². The summed E-state index contributed by atoms with van der Waals surface area (Å²) in [5.41, 5.74) is 1.87. The minimum Gasteiger partial charge on any atom is -0.342 e. The number of carbonyl (C=O) groups excluding carboxylic acids is 2.